The molecule has 1 aliphatic rings. The molecule has 1 atom stereocenters. The van der Waals surface area contributed by atoms with Gasteiger partial charge in [0.25, 0.3) is 5.91 Å². The van der Waals surface area contributed by atoms with Gasteiger partial charge in [-0.05, 0) is 29.8 Å². The van der Waals surface area contributed by atoms with E-state index in [2.05, 4.69) is 15.9 Å². The summed E-state index contributed by atoms with van der Waals surface area (Å²) in [5.74, 6) is 0.289. The van der Waals surface area contributed by atoms with Crippen molar-refractivity contribution in [2.45, 2.75) is 19.1 Å². The fourth-order valence-electron chi connectivity index (χ4n) is 2.56. The van der Waals surface area contributed by atoms with Crippen molar-refractivity contribution in [2.75, 3.05) is 7.05 Å². The van der Waals surface area contributed by atoms with E-state index in [4.69, 9.17) is 4.74 Å². The highest BCUT2D eigenvalue weighted by Gasteiger charge is 2.31. The van der Waals surface area contributed by atoms with E-state index in [0.29, 0.717) is 12.0 Å². The maximum Gasteiger partial charge on any atom is 0.264 e. The van der Waals surface area contributed by atoms with E-state index >= 15 is 0 Å². The first-order valence-corrected chi connectivity index (χ1v) is 7.77. The third kappa shape index (κ3) is 2.99. The molecule has 1 heterocycles. The van der Waals surface area contributed by atoms with Crippen molar-refractivity contribution >= 4 is 21.8 Å². The molecule has 0 bridgehead atoms. The molecule has 3 nitrogen and oxygen atoms in total. The van der Waals surface area contributed by atoms with Gasteiger partial charge in [0.1, 0.15) is 11.6 Å². The van der Waals surface area contributed by atoms with Gasteiger partial charge in [0.15, 0.2) is 6.10 Å². The molecule has 0 radical (unpaired) electrons. The van der Waals surface area contributed by atoms with Gasteiger partial charge in [-0.1, -0.05) is 34.1 Å². The van der Waals surface area contributed by atoms with Crippen LogP contribution in [0, 0.1) is 5.82 Å². The number of ether oxygens (including phenoxy) is 1. The summed E-state index contributed by atoms with van der Waals surface area (Å²) in [5.41, 5.74) is 1.50. The zero-order chi connectivity index (χ0) is 15.7. The lowest BCUT2D eigenvalue weighted by atomic mass is 10.1. The topological polar surface area (TPSA) is 29.5 Å². The molecular weight excluding hydrogens is 349 g/mol. The van der Waals surface area contributed by atoms with Crippen molar-refractivity contribution in [3.63, 3.8) is 0 Å². The van der Waals surface area contributed by atoms with Crippen molar-refractivity contribution in [2.24, 2.45) is 0 Å². The molecule has 0 aromatic heterocycles. The number of halogens is 2. The minimum absolute atomic E-state index is 0.143. The van der Waals surface area contributed by atoms with Crippen LogP contribution in [-0.2, 0) is 17.8 Å². The van der Waals surface area contributed by atoms with Gasteiger partial charge >= 0.3 is 0 Å². The summed E-state index contributed by atoms with van der Waals surface area (Å²) in [7, 11) is 1.66. The summed E-state index contributed by atoms with van der Waals surface area (Å²) in [4.78, 5) is 14.0. The first-order valence-electron chi connectivity index (χ1n) is 6.98. The number of fused-ring (bicyclic) bond motifs is 1. The van der Waals surface area contributed by atoms with Gasteiger partial charge in [0.05, 0.1) is 0 Å². The van der Waals surface area contributed by atoms with Gasteiger partial charge in [-0.2, -0.15) is 0 Å². The van der Waals surface area contributed by atoms with Crippen LogP contribution in [0.5, 0.6) is 5.75 Å². The molecule has 5 heteroatoms. The molecule has 0 saturated heterocycles. The number of amides is 1. The molecule has 3 rings (SSSR count). The summed E-state index contributed by atoms with van der Waals surface area (Å²) in [5, 5.41) is 0. The third-order valence-electron chi connectivity index (χ3n) is 3.71. The summed E-state index contributed by atoms with van der Waals surface area (Å²) in [6, 6.07) is 12.3. The number of hydrogen-bond acceptors (Lipinski definition) is 2. The molecule has 0 fully saturated rings. The second kappa shape index (κ2) is 6.08. The van der Waals surface area contributed by atoms with Crippen LogP contribution >= 0.6 is 15.9 Å². The van der Waals surface area contributed by atoms with Gasteiger partial charge in [-0.3, -0.25) is 4.79 Å². The lowest BCUT2D eigenvalue weighted by Gasteiger charge is -2.21. The van der Waals surface area contributed by atoms with E-state index in [1.165, 1.54) is 11.0 Å². The Bertz CT molecular complexity index is 695. The summed E-state index contributed by atoms with van der Waals surface area (Å²) >= 11 is 3.31. The van der Waals surface area contributed by atoms with Crippen molar-refractivity contribution < 1.29 is 13.9 Å². The summed E-state index contributed by atoms with van der Waals surface area (Å²) in [6.45, 7) is 0.209. The zero-order valence-corrected chi connectivity index (χ0v) is 13.6. The Labute approximate surface area is 136 Å². The van der Waals surface area contributed by atoms with Crippen LogP contribution < -0.4 is 4.74 Å². The average Bonchev–Trinajstić information content (AvgIpc) is 2.94. The summed E-state index contributed by atoms with van der Waals surface area (Å²) in [6.07, 6.45) is 0.0259. The fourth-order valence-corrected chi connectivity index (χ4v) is 2.97. The van der Waals surface area contributed by atoms with Gasteiger partial charge in [-0.25, -0.2) is 4.39 Å². The highest BCUT2D eigenvalue weighted by molar-refractivity contribution is 9.10. The molecule has 2 aromatic rings. The van der Waals surface area contributed by atoms with Crippen molar-refractivity contribution in [1.29, 1.82) is 0 Å². The fraction of sp³-hybridized carbons (Fsp3) is 0.235. The Kier molecular flexibility index (Phi) is 4.16. The van der Waals surface area contributed by atoms with E-state index in [-0.39, 0.29) is 18.3 Å². The average molecular weight is 364 g/mol. The van der Waals surface area contributed by atoms with Crippen LogP contribution in [0.3, 0.4) is 0 Å². The number of para-hydroxylation sites is 1. The molecular formula is C17H15BrFNO2. The maximum absolute atomic E-state index is 13.8. The number of carbonyl (C=O) groups is 1. The normalized spacial score (nSPS) is 16.0. The Balaban J connectivity index is 1.70. The first-order chi connectivity index (χ1) is 10.5. The van der Waals surface area contributed by atoms with Crippen LogP contribution in [0.25, 0.3) is 0 Å². The molecule has 2 aromatic carbocycles. The number of rotatable bonds is 3. The Morgan fingerprint density at radius 3 is 2.91 bits per heavy atom. The van der Waals surface area contributed by atoms with Crippen LogP contribution in [0.2, 0.25) is 0 Å². The first kappa shape index (κ1) is 15.0. The van der Waals surface area contributed by atoms with Gasteiger partial charge in [-0.15, -0.1) is 0 Å². The van der Waals surface area contributed by atoms with Crippen molar-refractivity contribution in [3.05, 3.63) is 63.9 Å². The number of benzene rings is 2. The number of likely N-dealkylation sites (N-methyl/N-ethyl adjacent to an activating group) is 1. The predicted molar refractivity (Wildman–Crippen MR) is 85.1 cm³/mol. The standard InChI is InChI=1S/C17H15BrFNO2/c1-20(10-12-8-13(18)6-7-14(12)19)17(21)16-9-11-4-2-3-5-15(11)22-16/h2-8,16H,9-10H2,1H3. The molecule has 22 heavy (non-hydrogen) atoms. The van der Waals surface area contributed by atoms with Crippen LogP contribution in [0.15, 0.2) is 46.9 Å². The molecule has 0 saturated carbocycles. The van der Waals surface area contributed by atoms with Gasteiger partial charge < -0.3 is 9.64 Å². The second-order valence-corrected chi connectivity index (χ2v) is 6.26. The predicted octanol–water partition coefficient (Wildman–Crippen LogP) is 3.55. The molecule has 0 N–H and O–H groups in total. The van der Waals surface area contributed by atoms with E-state index in [1.807, 2.05) is 24.3 Å². The second-order valence-electron chi connectivity index (χ2n) is 5.35. The Hall–Kier alpha value is -1.88. The molecule has 114 valence electrons. The number of hydrogen-bond donors (Lipinski definition) is 0. The molecule has 1 amide bonds. The molecule has 1 unspecified atom stereocenters. The third-order valence-corrected chi connectivity index (χ3v) is 4.21. The van der Waals surface area contributed by atoms with Crippen molar-refractivity contribution in [1.82, 2.24) is 4.90 Å². The Morgan fingerprint density at radius 2 is 2.14 bits per heavy atom. The molecule has 0 aliphatic carbocycles. The van der Waals surface area contributed by atoms with Crippen molar-refractivity contribution in [3.8, 4) is 5.75 Å². The smallest absolute Gasteiger partial charge is 0.264 e. The molecule has 0 spiro atoms. The lowest BCUT2D eigenvalue weighted by Crippen LogP contribution is -2.38. The van der Waals surface area contributed by atoms with E-state index in [0.717, 1.165) is 15.8 Å². The van der Waals surface area contributed by atoms with Crippen LogP contribution in [-0.4, -0.2) is 24.0 Å². The minimum atomic E-state index is -0.530. The zero-order valence-electron chi connectivity index (χ0n) is 12.1. The van der Waals surface area contributed by atoms with E-state index in [1.54, 1.807) is 19.2 Å². The highest BCUT2D eigenvalue weighted by atomic mass is 79.9. The summed E-state index contributed by atoms with van der Waals surface area (Å²) < 4.78 is 20.3. The van der Waals surface area contributed by atoms with Crippen LogP contribution in [0.4, 0.5) is 4.39 Å². The largest absolute Gasteiger partial charge is 0.480 e. The SMILES string of the molecule is CN(Cc1cc(Br)ccc1F)C(=O)C1Cc2ccccc2O1. The van der Waals surface area contributed by atoms with E-state index < -0.39 is 6.10 Å². The Morgan fingerprint density at radius 1 is 1.36 bits per heavy atom. The quantitative estimate of drug-likeness (QED) is 0.834. The lowest BCUT2D eigenvalue weighted by molar-refractivity contribution is -0.137. The maximum atomic E-state index is 13.8. The van der Waals surface area contributed by atoms with E-state index in [9.17, 15) is 9.18 Å². The monoisotopic (exact) mass is 363 g/mol. The van der Waals surface area contributed by atoms with Crippen LogP contribution in [0.1, 0.15) is 11.1 Å². The highest BCUT2D eigenvalue weighted by Crippen LogP contribution is 2.29. The minimum Gasteiger partial charge on any atom is -0.480 e. The van der Waals surface area contributed by atoms with Gasteiger partial charge in [0.2, 0.25) is 0 Å². The number of carbonyl (C=O) groups excluding carboxylic acids is 1. The number of nitrogens with zero attached hydrogens (tertiary/aromatic N) is 1. The van der Waals surface area contributed by atoms with Gasteiger partial charge in [0, 0.05) is 30.0 Å². The molecule has 1 aliphatic heterocycles.